The van der Waals surface area contributed by atoms with Gasteiger partial charge < -0.3 is 14.2 Å². The van der Waals surface area contributed by atoms with Gasteiger partial charge in [0.05, 0.1) is 6.61 Å². The van der Waals surface area contributed by atoms with Crippen molar-refractivity contribution in [3.8, 4) is 5.75 Å². The summed E-state index contributed by atoms with van der Waals surface area (Å²) in [5.74, 6) is 0.423. The molecule has 1 atom stereocenters. The summed E-state index contributed by atoms with van der Waals surface area (Å²) in [6, 6.07) is 13.3. The lowest BCUT2D eigenvalue weighted by atomic mass is 10.1. The van der Waals surface area contributed by atoms with Gasteiger partial charge in [0.2, 0.25) is 0 Å². The van der Waals surface area contributed by atoms with Crippen LogP contribution in [-0.2, 0) is 27.5 Å². The van der Waals surface area contributed by atoms with Gasteiger partial charge in [0.25, 0.3) is 0 Å². The Morgan fingerprint density at radius 1 is 1.33 bits per heavy atom. The summed E-state index contributed by atoms with van der Waals surface area (Å²) >= 11 is 7.58. The first-order valence-electron chi connectivity index (χ1n) is 7.53. The first-order chi connectivity index (χ1) is 11.6. The molecule has 2 aromatic carbocycles. The molecule has 1 aliphatic rings. The number of fused-ring (bicyclic) bond motifs is 1. The van der Waals surface area contributed by atoms with E-state index in [0.29, 0.717) is 17.4 Å². The number of esters is 1. The molecule has 126 valence electrons. The summed E-state index contributed by atoms with van der Waals surface area (Å²) < 4.78 is 16.2. The second-order valence-electron chi connectivity index (χ2n) is 5.34. The Morgan fingerprint density at radius 3 is 2.92 bits per heavy atom. The zero-order valence-electron chi connectivity index (χ0n) is 13.2. The van der Waals surface area contributed by atoms with Crippen LogP contribution in [-0.4, -0.2) is 18.0 Å². The van der Waals surface area contributed by atoms with Gasteiger partial charge in [-0.25, -0.2) is 0 Å². The molecule has 6 heteroatoms. The molecule has 3 rings (SSSR count). The molecule has 1 heterocycles. The standard InChI is InChI=1S/C18H17ClO4S/c1-12(24-16-5-3-2-4-6-16)18(20)22-10-14-8-15(19)7-13-9-21-11-23-17(13)14/h2-8,12H,9-11H2,1H3. The Morgan fingerprint density at radius 2 is 2.12 bits per heavy atom. The van der Waals surface area contributed by atoms with Crippen LogP contribution in [0.2, 0.25) is 5.02 Å². The van der Waals surface area contributed by atoms with Crippen LogP contribution in [0.25, 0.3) is 0 Å². The lowest BCUT2D eigenvalue weighted by Gasteiger charge is -2.21. The third kappa shape index (κ3) is 4.23. The fraction of sp³-hybridized carbons (Fsp3) is 0.278. The molecule has 4 nitrogen and oxygen atoms in total. The highest BCUT2D eigenvalue weighted by molar-refractivity contribution is 8.00. The van der Waals surface area contributed by atoms with Crippen LogP contribution in [0.3, 0.4) is 0 Å². The highest BCUT2D eigenvalue weighted by atomic mass is 35.5. The molecular formula is C18H17ClO4S. The van der Waals surface area contributed by atoms with E-state index in [1.165, 1.54) is 11.8 Å². The van der Waals surface area contributed by atoms with E-state index < -0.39 is 0 Å². The minimum Gasteiger partial charge on any atom is -0.467 e. The van der Waals surface area contributed by atoms with E-state index in [2.05, 4.69) is 0 Å². The van der Waals surface area contributed by atoms with Crippen molar-refractivity contribution in [2.45, 2.75) is 30.3 Å². The Bertz CT molecular complexity index is 720. The zero-order chi connectivity index (χ0) is 16.9. The van der Waals surface area contributed by atoms with Crippen LogP contribution in [0.5, 0.6) is 5.75 Å². The molecule has 0 aliphatic carbocycles. The molecule has 24 heavy (non-hydrogen) atoms. The van der Waals surface area contributed by atoms with Crippen LogP contribution in [0.15, 0.2) is 47.4 Å². The number of hydrogen-bond donors (Lipinski definition) is 0. The Balaban J connectivity index is 1.63. The van der Waals surface area contributed by atoms with E-state index in [4.69, 9.17) is 25.8 Å². The van der Waals surface area contributed by atoms with E-state index in [0.717, 1.165) is 16.0 Å². The number of carbonyl (C=O) groups excluding carboxylic acids is 1. The minimum atomic E-state index is -0.299. The fourth-order valence-electron chi connectivity index (χ4n) is 2.38. The number of halogens is 1. The molecule has 0 amide bonds. The molecule has 0 radical (unpaired) electrons. The molecule has 1 unspecified atom stereocenters. The number of rotatable bonds is 5. The zero-order valence-corrected chi connectivity index (χ0v) is 14.7. The second kappa shape index (κ2) is 7.92. The quantitative estimate of drug-likeness (QED) is 0.580. The second-order valence-corrected chi connectivity index (χ2v) is 7.20. The van der Waals surface area contributed by atoms with Gasteiger partial charge >= 0.3 is 5.97 Å². The normalized spacial score (nSPS) is 14.4. The van der Waals surface area contributed by atoms with E-state index in [1.54, 1.807) is 12.1 Å². The number of ether oxygens (including phenoxy) is 3. The molecule has 0 N–H and O–H groups in total. The Kier molecular flexibility index (Phi) is 5.66. The third-order valence-electron chi connectivity index (χ3n) is 3.51. The van der Waals surface area contributed by atoms with Gasteiger partial charge in [0, 0.05) is 21.0 Å². The van der Waals surface area contributed by atoms with Crippen molar-refractivity contribution in [1.82, 2.24) is 0 Å². The highest BCUT2D eigenvalue weighted by Gasteiger charge is 2.20. The van der Waals surface area contributed by atoms with Crippen molar-refractivity contribution in [3.05, 3.63) is 58.6 Å². The fourth-order valence-corrected chi connectivity index (χ4v) is 3.53. The summed E-state index contributed by atoms with van der Waals surface area (Å²) in [7, 11) is 0. The number of carbonyl (C=O) groups is 1. The van der Waals surface area contributed by atoms with Gasteiger partial charge in [0.15, 0.2) is 6.79 Å². The minimum absolute atomic E-state index is 0.126. The first kappa shape index (κ1) is 17.1. The topological polar surface area (TPSA) is 44.8 Å². The predicted molar refractivity (Wildman–Crippen MR) is 93.3 cm³/mol. The maximum Gasteiger partial charge on any atom is 0.319 e. The Labute approximate surface area is 150 Å². The van der Waals surface area contributed by atoms with Crippen LogP contribution in [0, 0.1) is 0 Å². The third-order valence-corrected chi connectivity index (χ3v) is 4.82. The maximum atomic E-state index is 12.2. The number of hydrogen-bond acceptors (Lipinski definition) is 5. The van der Waals surface area contributed by atoms with E-state index >= 15 is 0 Å². The SMILES string of the molecule is CC(Sc1ccccc1)C(=O)OCc1cc(Cl)cc2c1OCOC2. The van der Waals surface area contributed by atoms with E-state index in [9.17, 15) is 4.79 Å². The highest BCUT2D eigenvalue weighted by Crippen LogP contribution is 2.32. The average molecular weight is 365 g/mol. The van der Waals surface area contributed by atoms with Gasteiger partial charge in [0.1, 0.15) is 17.6 Å². The van der Waals surface area contributed by atoms with Crippen molar-refractivity contribution in [2.24, 2.45) is 0 Å². The number of benzene rings is 2. The van der Waals surface area contributed by atoms with Crippen molar-refractivity contribution in [3.63, 3.8) is 0 Å². The predicted octanol–water partition coefficient (Wildman–Crippen LogP) is 4.43. The van der Waals surface area contributed by atoms with E-state index in [-0.39, 0.29) is 24.6 Å². The van der Waals surface area contributed by atoms with Gasteiger partial charge in [-0.3, -0.25) is 4.79 Å². The smallest absolute Gasteiger partial charge is 0.319 e. The molecule has 0 fully saturated rings. The molecular weight excluding hydrogens is 348 g/mol. The summed E-state index contributed by atoms with van der Waals surface area (Å²) in [6.07, 6.45) is 0. The van der Waals surface area contributed by atoms with Gasteiger partial charge in [-0.1, -0.05) is 29.8 Å². The first-order valence-corrected chi connectivity index (χ1v) is 8.79. The van der Waals surface area contributed by atoms with Crippen molar-refractivity contribution >= 4 is 29.3 Å². The van der Waals surface area contributed by atoms with Crippen LogP contribution < -0.4 is 4.74 Å². The van der Waals surface area contributed by atoms with Crippen LogP contribution in [0.1, 0.15) is 18.1 Å². The lowest BCUT2D eigenvalue weighted by Crippen LogP contribution is -2.18. The summed E-state index contributed by atoms with van der Waals surface area (Å²) in [5, 5.41) is 0.271. The summed E-state index contributed by atoms with van der Waals surface area (Å²) in [4.78, 5) is 13.3. The van der Waals surface area contributed by atoms with Crippen molar-refractivity contribution in [1.29, 1.82) is 0 Å². The monoisotopic (exact) mass is 364 g/mol. The lowest BCUT2D eigenvalue weighted by molar-refractivity contribution is -0.144. The Hall–Kier alpha value is -1.69. The average Bonchev–Trinajstić information content (AvgIpc) is 2.60. The van der Waals surface area contributed by atoms with Gasteiger partial charge in [-0.15, -0.1) is 11.8 Å². The summed E-state index contributed by atoms with van der Waals surface area (Å²) in [6.45, 7) is 2.59. The number of thioether (sulfide) groups is 1. The molecule has 2 aromatic rings. The maximum absolute atomic E-state index is 12.2. The largest absolute Gasteiger partial charge is 0.467 e. The van der Waals surface area contributed by atoms with Crippen LogP contribution >= 0.6 is 23.4 Å². The van der Waals surface area contributed by atoms with Gasteiger partial charge in [-0.05, 0) is 31.2 Å². The van der Waals surface area contributed by atoms with E-state index in [1.807, 2.05) is 37.3 Å². The van der Waals surface area contributed by atoms with Crippen LogP contribution in [0.4, 0.5) is 0 Å². The van der Waals surface area contributed by atoms with Crippen molar-refractivity contribution < 1.29 is 19.0 Å². The molecule has 0 saturated heterocycles. The molecule has 0 bridgehead atoms. The van der Waals surface area contributed by atoms with Crippen molar-refractivity contribution in [2.75, 3.05) is 6.79 Å². The summed E-state index contributed by atoms with van der Waals surface area (Å²) in [5.41, 5.74) is 1.62. The molecule has 1 aliphatic heterocycles. The molecule has 0 aromatic heterocycles. The van der Waals surface area contributed by atoms with Gasteiger partial charge in [-0.2, -0.15) is 0 Å². The molecule has 0 saturated carbocycles. The molecule has 0 spiro atoms.